The minimum absolute atomic E-state index is 0.0838. The van der Waals surface area contributed by atoms with Gasteiger partial charge in [0.05, 0.1) is 0 Å². The van der Waals surface area contributed by atoms with E-state index in [1.165, 1.54) is 0 Å². The Morgan fingerprint density at radius 3 is 1.17 bits per heavy atom. The molecule has 0 aromatic carbocycles. The molecule has 166 valence electrons. The molecule has 0 amide bonds. The van der Waals surface area contributed by atoms with Crippen molar-refractivity contribution in [2.24, 2.45) is 0 Å². The van der Waals surface area contributed by atoms with Gasteiger partial charge in [-0.25, -0.2) is 0 Å². The third-order valence-electron chi connectivity index (χ3n) is 7.30. The summed E-state index contributed by atoms with van der Waals surface area (Å²) in [6.45, 7) is 17.4. The summed E-state index contributed by atoms with van der Waals surface area (Å²) in [7, 11) is 0. The van der Waals surface area contributed by atoms with Gasteiger partial charge in [-0.3, -0.25) is 9.48 Å². The first-order chi connectivity index (χ1) is 13.4. The fraction of sp³-hybridized carbons (Fsp3) is 0.636. The van der Waals surface area contributed by atoms with E-state index in [9.17, 15) is 20.8 Å². The summed E-state index contributed by atoms with van der Waals surface area (Å²) in [5.74, 6) is 0.168. The number of hydrogen-bond donors (Lipinski definition) is 0. The van der Waals surface area contributed by atoms with E-state index in [0.717, 1.165) is 19.6 Å². The highest BCUT2D eigenvalue weighted by atomic mass is 16.5. The largest absolute Gasteiger partial charge is 0.714 e. The van der Waals surface area contributed by atoms with Crippen molar-refractivity contribution in [1.29, 1.82) is 0 Å². The molecule has 30 heavy (non-hydrogen) atoms. The van der Waals surface area contributed by atoms with Gasteiger partial charge in [-0.15, -0.1) is 0 Å². The lowest BCUT2D eigenvalue weighted by Crippen LogP contribution is -2.53. The van der Waals surface area contributed by atoms with Crippen LogP contribution in [0.15, 0.2) is 35.5 Å². The lowest BCUT2D eigenvalue weighted by atomic mass is 9.84. The van der Waals surface area contributed by atoms with Crippen molar-refractivity contribution >= 4 is 11.7 Å². The Bertz CT molecular complexity index is 817. The average molecular weight is 419 g/mol. The van der Waals surface area contributed by atoms with Crippen molar-refractivity contribution in [3.8, 4) is 0 Å². The number of hydrogen-bond acceptors (Lipinski definition) is 4. The fourth-order valence-corrected chi connectivity index (χ4v) is 3.41. The first-order valence-electron chi connectivity index (χ1n) is 10.1. The van der Waals surface area contributed by atoms with Crippen LogP contribution in [0.4, 0.5) is 0 Å². The van der Waals surface area contributed by atoms with Crippen LogP contribution in [0.2, 0.25) is 0 Å². The van der Waals surface area contributed by atoms with Crippen molar-refractivity contribution in [3.63, 3.8) is 0 Å². The maximum atomic E-state index is 12.7. The highest BCUT2D eigenvalue weighted by Gasteiger charge is 2.60. The summed E-state index contributed by atoms with van der Waals surface area (Å²) in [5.41, 5.74) is -2.40. The molecule has 8 nitrogen and oxygen atoms in total. The van der Waals surface area contributed by atoms with Crippen LogP contribution in [0.1, 0.15) is 69.2 Å². The zero-order valence-electron chi connectivity index (χ0n) is 19.7. The summed E-state index contributed by atoms with van der Waals surface area (Å²) in [5, 5.41) is 52.3. The molecule has 0 aliphatic carbocycles. The number of allylic oxidation sites excluding steroid dienone is 4. The van der Waals surface area contributed by atoms with Crippen LogP contribution in [-0.4, -0.2) is 53.4 Å². The van der Waals surface area contributed by atoms with Gasteiger partial charge in [-0.05, 0) is 69.2 Å². The number of rotatable bonds is 4. The van der Waals surface area contributed by atoms with Crippen molar-refractivity contribution in [2.75, 3.05) is 0 Å². The summed E-state index contributed by atoms with van der Waals surface area (Å²) in [4.78, 5) is 0. The van der Waals surface area contributed by atoms with Gasteiger partial charge in [0, 0.05) is 21.6 Å². The maximum Gasteiger partial charge on any atom is 0.312 e. The van der Waals surface area contributed by atoms with Crippen LogP contribution < -0.4 is 0 Å². The fourth-order valence-electron chi connectivity index (χ4n) is 3.41. The lowest BCUT2D eigenvalue weighted by molar-refractivity contribution is -0.540. The third-order valence-corrected chi connectivity index (χ3v) is 7.30. The smallest absolute Gasteiger partial charge is 0.312 e. The monoisotopic (exact) mass is 418 g/mol. The molecule has 0 saturated heterocycles. The van der Waals surface area contributed by atoms with E-state index in [2.05, 4.69) is 0 Å². The first-order valence-corrected chi connectivity index (χ1v) is 10.1. The summed E-state index contributed by atoms with van der Waals surface area (Å²) in [6.07, 6.45) is 6.71. The Morgan fingerprint density at radius 2 is 0.967 bits per heavy atom. The quantitative estimate of drug-likeness (QED) is 0.395. The Kier molecular flexibility index (Phi) is 5.69. The second-order valence-corrected chi connectivity index (χ2v) is 10.1. The van der Waals surface area contributed by atoms with Gasteiger partial charge in [0.1, 0.15) is 11.1 Å². The number of hydroxylamine groups is 6. The summed E-state index contributed by atoms with van der Waals surface area (Å²) in [6, 6.07) is 0. The van der Waals surface area contributed by atoms with E-state index in [1.54, 1.807) is 93.5 Å². The van der Waals surface area contributed by atoms with Gasteiger partial charge in [-0.2, -0.15) is 0 Å². The molecule has 0 unspecified atom stereocenters. The predicted molar refractivity (Wildman–Crippen MR) is 115 cm³/mol. The van der Waals surface area contributed by atoms with Crippen LogP contribution in [0.3, 0.4) is 0 Å². The van der Waals surface area contributed by atoms with Crippen LogP contribution in [0, 0.1) is 10.4 Å². The van der Waals surface area contributed by atoms with Gasteiger partial charge in [0.15, 0.2) is 11.1 Å². The summed E-state index contributed by atoms with van der Waals surface area (Å²) >= 11 is 0. The van der Waals surface area contributed by atoms with Crippen LogP contribution in [-0.2, 0) is 10.4 Å². The van der Waals surface area contributed by atoms with Crippen molar-refractivity contribution in [3.05, 3.63) is 45.9 Å². The van der Waals surface area contributed by atoms with Gasteiger partial charge in [0.2, 0.25) is 0 Å². The molecule has 2 aliphatic heterocycles. The van der Waals surface area contributed by atoms with Gasteiger partial charge in [-0.1, -0.05) is 34.4 Å². The minimum Gasteiger partial charge on any atom is -0.714 e. The van der Waals surface area contributed by atoms with Crippen molar-refractivity contribution in [1.82, 2.24) is 10.1 Å². The molecule has 2 radical (unpaired) electrons. The summed E-state index contributed by atoms with van der Waals surface area (Å²) < 4.78 is 1.54. The molecule has 2 rings (SSSR count). The molecular weight excluding hydrogens is 384 g/mol. The molecule has 0 spiro atoms. The Labute approximate surface area is 179 Å². The minimum atomic E-state index is -0.868. The second kappa shape index (κ2) is 7.13. The van der Waals surface area contributed by atoms with E-state index in [0.29, 0.717) is 11.1 Å². The molecule has 0 atom stereocenters. The standard InChI is InChI=1S/C22H34N4O4/c1-15(17-23(27)19(3,4)20(5,6)24(17)28)13-11-12-14-16(2)18-25(29)21(7,8)22(9,10)26(18)30/h11-14H,1-10H3/b12-11+,15-13+,16-14+. The molecule has 0 N–H and O–H groups in total. The number of amidine groups is 2. The Morgan fingerprint density at radius 1 is 0.700 bits per heavy atom. The first kappa shape index (κ1) is 24.0. The zero-order chi connectivity index (χ0) is 23.4. The average Bonchev–Trinajstić information content (AvgIpc) is 2.82. The maximum absolute atomic E-state index is 12.7. The molecular formula is C22H34N4O4. The highest BCUT2D eigenvalue weighted by Crippen LogP contribution is 2.38. The molecule has 0 saturated carbocycles. The second-order valence-electron chi connectivity index (χ2n) is 10.1. The van der Waals surface area contributed by atoms with E-state index in [-0.39, 0.29) is 11.7 Å². The molecule has 8 heteroatoms. The topological polar surface area (TPSA) is 98.4 Å². The third kappa shape index (κ3) is 3.13. The SMILES string of the molecule is C\C(=C/C=C/C=C(\C)C1=[N+]([O-])C(C)(C)C(C)(C)N1[O])C1=[N+]([O-])C(C)(C)C(C)(C)N1[O]. The van der Waals surface area contributed by atoms with Gasteiger partial charge in [0.25, 0.3) is 0 Å². The van der Waals surface area contributed by atoms with Gasteiger partial charge >= 0.3 is 11.7 Å². The Balaban J connectivity index is 2.30. The van der Waals surface area contributed by atoms with Crippen molar-refractivity contribution in [2.45, 2.75) is 91.4 Å². The van der Waals surface area contributed by atoms with Crippen LogP contribution in [0.5, 0.6) is 0 Å². The highest BCUT2D eigenvalue weighted by molar-refractivity contribution is 5.96. The lowest BCUT2D eigenvalue weighted by Gasteiger charge is -2.32. The molecule has 0 aromatic heterocycles. The van der Waals surface area contributed by atoms with E-state index in [1.807, 2.05) is 0 Å². The molecule has 2 aliphatic rings. The van der Waals surface area contributed by atoms with E-state index < -0.39 is 22.2 Å². The number of nitrogens with zero attached hydrogens (tertiary/aromatic N) is 4. The Hall–Kier alpha value is -2.32. The molecule has 2 heterocycles. The molecule has 0 fully saturated rings. The van der Waals surface area contributed by atoms with Crippen LogP contribution in [0.25, 0.3) is 0 Å². The predicted octanol–water partition coefficient (Wildman–Crippen LogP) is 3.69. The molecule has 0 aromatic rings. The molecule has 0 bridgehead atoms. The zero-order valence-corrected chi connectivity index (χ0v) is 19.7. The van der Waals surface area contributed by atoms with Crippen LogP contribution >= 0.6 is 0 Å². The van der Waals surface area contributed by atoms with E-state index in [4.69, 9.17) is 0 Å². The van der Waals surface area contributed by atoms with E-state index >= 15 is 0 Å². The normalized spacial score (nSPS) is 25.9. The van der Waals surface area contributed by atoms with Crippen molar-refractivity contribution < 1.29 is 19.9 Å². The van der Waals surface area contributed by atoms with Gasteiger partial charge < -0.3 is 10.4 Å².